The molecule has 0 bridgehead atoms. The van der Waals surface area contributed by atoms with E-state index in [4.69, 9.17) is 10.2 Å². The lowest BCUT2D eigenvalue weighted by atomic mass is 10.4. The molecular weight excluding hydrogens is 244 g/mol. The lowest BCUT2D eigenvalue weighted by molar-refractivity contribution is 0.478. The highest BCUT2D eigenvalue weighted by Crippen LogP contribution is 2.14. The van der Waals surface area contributed by atoms with Gasteiger partial charge in [-0.25, -0.2) is 4.98 Å². The van der Waals surface area contributed by atoms with Gasteiger partial charge in [-0.3, -0.25) is 0 Å². The molecule has 0 aromatic carbocycles. The van der Waals surface area contributed by atoms with Crippen molar-refractivity contribution in [2.24, 2.45) is 0 Å². The summed E-state index contributed by atoms with van der Waals surface area (Å²) >= 11 is 0. The number of aromatic nitrogens is 3. The van der Waals surface area contributed by atoms with Crippen LogP contribution < -0.4 is 16.4 Å². The number of anilines is 3. The van der Waals surface area contributed by atoms with Crippen LogP contribution in [0.15, 0.2) is 10.5 Å². The second-order valence-electron chi connectivity index (χ2n) is 4.13. The smallest absolute Gasteiger partial charge is 0.223 e. The predicted octanol–water partition coefficient (Wildman–Crippen LogP) is 1.71. The molecule has 0 atom stereocenters. The molecule has 2 aromatic rings. The molecule has 0 aliphatic rings. The van der Waals surface area contributed by atoms with Gasteiger partial charge in [0.1, 0.15) is 17.4 Å². The van der Waals surface area contributed by atoms with E-state index in [1.165, 1.54) is 0 Å². The molecule has 0 aliphatic carbocycles. The van der Waals surface area contributed by atoms with Crippen LogP contribution in [-0.2, 0) is 6.54 Å². The number of hydrogen-bond acceptors (Lipinski definition) is 7. The summed E-state index contributed by atoms with van der Waals surface area (Å²) in [4.78, 5) is 12.5. The van der Waals surface area contributed by atoms with Gasteiger partial charge < -0.3 is 20.8 Å². The first-order chi connectivity index (χ1) is 9.08. The van der Waals surface area contributed by atoms with Crippen molar-refractivity contribution in [1.82, 2.24) is 15.0 Å². The number of nitrogen functional groups attached to an aromatic ring is 1. The van der Waals surface area contributed by atoms with Crippen molar-refractivity contribution >= 4 is 17.6 Å². The van der Waals surface area contributed by atoms with Crippen LogP contribution in [0.25, 0.3) is 0 Å². The first-order valence-electron chi connectivity index (χ1n) is 6.13. The molecule has 19 heavy (non-hydrogen) atoms. The number of oxazole rings is 1. The third kappa shape index (κ3) is 3.34. The van der Waals surface area contributed by atoms with Crippen LogP contribution in [0.5, 0.6) is 0 Å². The van der Waals surface area contributed by atoms with Crippen LogP contribution in [0, 0.1) is 13.8 Å². The van der Waals surface area contributed by atoms with E-state index in [1.54, 1.807) is 6.07 Å². The summed E-state index contributed by atoms with van der Waals surface area (Å²) in [5, 5.41) is 6.20. The van der Waals surface area contributed by atoms with E-state index < -0.39 is 0 Å². The van der Waals surface area contributed by atoms with Gasteiger partial charge in [0.25, 0.3) is 0 Å². The Labute approximate surface area is 111 Å². The number of aryl methyl sites for hydroxylation is 2. The highest BCUT2D eigenvalue weighted by molar-refractivity contribution is 5.50. The molecule has 7 nitrogen and oxygen atoms in total. The van der Waals surface area contributed by atoms with E-state index in [-0.39, 0.29) is 5.95 Å². The molecule has 0 spiro atoms. The van der Waals surface area contributed by atoms with Crippen LogP contribution in [0.4, 0.5) is 17.6 Å². The van der Waals surface area contributed by atoms with Crippen molar-refractivity contribution in [2.45, 2.75) is 27.3 Å². The Morgan fingerprint density at radius 1 is 1.16 bits per heavy atom. The predicted molar refractivity (Wildman–Crippen MR) is 73.9 cm³/mol. The Hall–Kier alpha value is -2.31. The van der Waals surface area contributed by atoms with E-state index in [0.717, 1.165) is 18.0 Å². The van der Waals surface area contributed by atoms with Crippen LogP contribution in [-0.4, -0.2) is 21.5 Å². The van der Waals surface area contributed by atoms with Gasteiger partial charge in [-0.05, 0) is 20.8 Å². The van der Waals surface area contributed by atoms with Gasteiger partial charge >= 0.3 is 0 Å². The largest absolute Gasteiger partial charge is 0.444 e. The normalized spacial score (nSPS) is 10.5. The van der Waals surface area contributed by atoms with Gasteiger partial charge in [-0.15, -0.1) is 0 Å². The van der Waals surface area contributed by atoms with Gasteiger partial charge in [-0.1, -0.05) is 0 Å². The third-order valence-corrected chi connectivity index (χ3v) is 2.59. The fourth-order valence-corrected chi connectivity index (χ4v) is 1.61. The fraction of sp³-hybridized carbons (Fsp3) is 0.417. The van der Waals surface area contributed by atoms with Crippen LogP contribution in [0.3, 0.4) is 0 Å². The van der Waals surface area contributed by atoms with E-state index in [9.17, 15) is 0 Å². The zero-order valence-electron chi connectivity index (χ0n) is 11.3. The minimum atomic E-state index is 0.223. The van der Waals surface area contributed by atoms with E-state index in [1.807, 2.05) is 20.8 Å². The fourth-order valence-electron chi connectivity index (χ4n) is 1.61. The van der Waals surface area contributed by atoms with Crippen LogP contribution in [0.2, 0.25) is 0 Å². The van der Waals surface area contributed by atoms with Crippen LogP contribution in [0.1, 0.15) is 24.3 Å². The van der Waals surface area contributed by atoms with Gasteiger partial charge in [0.05, 0.1) is 12.2 Å². The molecule has 0 aliphatic heterocycles. The van der Waals surface area contributed by atoms with Crippen molar-refractivity contribution in [3.05, 3.63) is 23.4 Å². The molecule has 0 amide bonds. The number of rotatable bonds is 5. The minimum Gasteiger partial charge on any atom is -0.444 e. The molecule has 0 radical (unpaired) electrons. The van der Waals surface area contributed by atoms with Crippen molar-refractivity contribution < 1.29 is 4.42 Å². The van der Waals surface area contributed by atoms with Gasteiger partial charge in [0.15, 0.2) is 0 Å². The quantitative estimate of drug-likeness (QED) is 0.753. The molecule has 102 valence electrons. The summed E-state index contributed by atoms with van der Waals surface area (Å²) in [6, 6.07) is 1.79. The molecular formula is C12H18N6O. The number of nitrogens with two attached hydrogens (primary N) is 1. The van der Waals surface area contributed by atoms with Gasteiger partial charge in [-0.2, -0.15) is 9.97 Å². The Morgan fingerprint density at radius 2 is 1.84 bits per heavy atom. The summed E-state index contributed by atoms with van der Waals surface area (Å²) in [6.45, 7) is 7.01. The summed E-state index contributed by atoms with van der Waals surface area (Å²) in [5.74, 6) is 3.00. The Kier molecular flexibility index (Phi) is 3.84. The second kappa shape index (κ2) is 5.55. The topological polar surface area (TPSA) is 102 Å². The third-order valence-electron chi connectivity index (χ3n) is 2.59. The molecule has 4 N–H and O–H groups in total. The summed E-state index contributed by atoms with van der Waals surface area (Å²) in [7, 11) is 0. The zero-order chi connectivity index (χ0) is 13.8. The maximum atomic E-state index is 5.65. The van der Waals surface area contributed by atoms with E-state index in [2.05, 4.69) is 25.6 Å². The molecule has 0 saturated heterocycles. The lowest BCUT2D eigenvalue weighted by Gasteiger charge is -2.07. The first-order valence-corrected chi connectivity index (χ1v) is 6.13. The Balaban J connectivity index is 2.06. The maximum absolute atomic E-state index is 5.65. The number of nitrogens with zero attached hydrogens (tertiary/aromatic N) is 3. The van der Waals surface area contributed by atoms with E-state index in [0.29, 0.717) is 24.1 Å². The van der Waals surface area contributed by atoms with Gasteiger partial charge in [0.2, 0.25) is 11.8 Å². The van der Waals surface area contributed by atoms with Crippen molar-refractivity contribution in [3.8, 4) is 0 Å². The highest BCUT2D eigenvalue weighted by atomic mass is 16.4. The monoisotopic (exact) mass is 262 g/mol. The Bertz CT molecular complexity index is 546. The molecule has 2 rings (SSSR count). The van der Waals surface area contributed by atoms with E-state index >= 15 is 0 Å². The van der Waals surface area contributed by atoms with Crippen LogP contribution >= 0.6 is 0 Å². The molecule has 0 unspecified atom stereocenters. The van der Waals surface area contributed by atoms with Crippen molar-refractivity contribution in [2.75, 3.05) is 22.9 Å². The average molecular weight is 262 g/mol. The highest BCUT2D eigenvalue weighted by Gasteiger charge is 2.06. The average Bonchev–Trinajstić information content (AvgIpc) is 2.66. The Morgan fingerprint density at radius 3 is 2.42 bits per heavy atom. The molecule has 0 fully saturated rings. The number of hydrogen-bond donors (Lipinski definition) is 3. The molecule has 0 saturated carbocycles. The van der Waals surface area contributed by atoms with Crippen molar-refractivity contribution in [3.63, 3.8) is 0 Å². The van der Waals surface area contributed by atoms with Gasteiger partial charge in [0, 0.05) is 12.6 Å². The summed E-state index contributed by atoms with van der Waals surface area (Å²) < 4.78 is 5.48. The first kappa shape index (κ1) is 13.1. The maximum Gasteiger partial charge on any atom is 0.223 e. The summed E-state index contributed by atoms with van der Waals surface area (Å²) in [6.07, 6.45) is 0. The molecule has 2 heterocycles. The second-order valence-corrected chi connectivity index (χ2v) is 4.13. The lowest BCUT2D eigenvalue weighted by Crippen LogP contribution is -2.08. The minimum absolute atomic E-state index is 0.223. The number of nitrogens with one attached hydrogen (secondary N) is 2. The SMILES string of the molecule is CCNc1cc(NCc2nc(C)c(C)o2)nc(N)n1. The zero-order valence-corrected chi connectivity index (χ0v) is 11.3. The summed E-state index contributed by atoms with van der Waals surface area (Å²) in [5.41, 5.74) is 6.54. The standard InChI is InChI=1S/C12H18N6O/c1-4-14-9-5-10(18-12(13)17-9)15-6-11-16-7(2)8(3)19-11/h5H,4,6H2,1-3H3,(H4,13,14,15,17,18). The molecule has 7 heteroatoms. The molecule has 2 aromatic heterocycles. The van der Waals surface area contributed by atoms with Crippen molar-refractivity contribution in [1.29, 1.82) is 0 Å².